The van der Waals surface area contributed by atoms with Gasteiger partial charge in [0, 0.05) is 26.1 Å². The lowest BCUT2D eigenvalue weighted by Gasteiger charge is -2.36. The molecular weight excluding hydrogens is 302 g/mol. The van der Waals surface area contributed by atoms with Crippen molar-refractivity contribution in [2.75, 3.05) is 19.6 Å². The molecule has 1 aliphatic heterocycles. The lowest BCUT2D eigenvalue weighted by Crippen LogP contribution is -2.56. The number of nitrogens with one attached hydrogen (secondary N) is 1. The SMILES string of the molecule is CCCC(=O)N1CCCC(C(=O)NC(CC)(CC)CN)C1.Cl. The molecule has 0 radical (unpaired) electrons. The van der Waals surface area contributed by atoms with Crippen LogP contribution >= 0.6 is 12.4 Å². The van der Waals surface area contributed by atoms with Crippen LogP contribution in [0.2, 0.25) is 0 Å². The molecule has 22 heavy (non-hydrogen) atoms. The zero-order chi connectivity index (χ0) is 15.9. The predicted octanol–water partition coefficient (Wildman–Crippen LogP) is 2.08. The minimum Gasteiger partial charge on any atom is -0.349 e. The van der Waals surface area contributed by atoms with Gasteiger partial charge >= 0.3 is 0 Å². The van der Waals surface area contributed by atoms with Gasteiger partial charge in [0.2, 0.25) is 11.8 Å². The number of carbonyl (C=O) groups excluding carboxylic acids is 2. The topological polar surface area (TPSA) is 75.4 Å². The van der Waals surface area contributed by atoms with Crippen LogP contribution in [0.4, 0.5) is 0 Å². The van der Waals surface area contributed by atoms with Crippen LogP contribution in [0.25, 0.3) is 0 Å². The number of amides is 2. The highest BCUT2D eigenvalue weighted by molar-refractivity contribution is 5.85. The zero-order valence-electron chi connectivity index (χ0n) is 14.2. The standard InChI is InChI=1S/C16H31N3O2.ClH/c1-4-8-14(20)19-10-7-9-13(11-19)15(21)18-16(5-2,6-3)12-17;/h13H,4-12,17H2,1-3H3,(H,18,21);1H. The Balaban J connectivity index is 0.00000441. The summed E-state index contributed by atoms with van der Waals surface area (Å²) in [6.07, 6.45) is 4.85. The van der Waals surface area contributed by atoms with Gasteiger partial charge in [-0.1, -0.05) is 20.8 Å². The summed E-state index contributed by atoms with van der Waals surface area (Å²) >= 11 is 0. The van der Waals surface area contributed by atoms with E-state index in [1.54, 1.807) is 0 Å². The molecule has 0 aromatic rings. The molecule has 5 nitrogen and oxygen atoms in total. The number of likely N-dealkylation sites (tertiary alicyclic amines) is 1. The Bertz CT molecular complexity index is 351. The van der Waals surface area contributed by atoms with E-state index in [1.165, 1.54) is 0 Å². The normalized spacial score (nSPS) is 18.5. The fraction of sp³-hybridized carbons (Fsp3) is 0.875. The van der Waals surface area contributed by atoms with E-state index in [2.05, 4.69) is 19.2 Å². The lowest BCUT2D eigenvalue weighted by atomic mass is 9.90. The fourth-order valence-electron chi connectivity index (χ4n) is 2.92. The summed E-state index contributed by atoms with van der Waals surface area (Å²) in [6.45, 7) is 7.90. The van der Waals surface area contributed by atoms with Gasteiger partial charge in [-0.2, -0.15) is 0 Å². The first-order valence-electron chi connectivity index (χ1n) is 8.31. The van der Waals surface area contributed by atoms with Gasteiger partial charge < -0.3 is 16.0 Å². The molecule has 2 amide bonds. The van der Waals surface area contributed by atoms with Gasteiger partial charge in [-0.15, -0.1) is 12.4 Å². The van der Waals surface area contributed by atoms with Crippen molar-refractivity contribution in [3.63, 3.8) is 0 Å². The van der Waals surface area contributed by atoms with E-state index in [-0.39, 0.29) is 35.7 Å². The van der Waals surface area contributed by atoms with E-state index in [0.29, 0.717) is 19.5 Å². The molecule has 3 N–H and O–H groups in total. The summed E-state index contributed by atoms with van der Waals surface area (Å²) in [4.78, 5) is 26.4. The van der Waals surface area contributed by atoms with Gasteiger partial charge in [-0.05, 0) is 32.1 Å². The maximum atomic E-state index is 12.5. The molecule has 0 aromatic heterocycles. The van der Waals surface area contributed by atoms with Crippen molar-refractivity contribution in [2.45, 2.75) is 64.8 Å². The molecular formula is C16H32ClN3O2. The molecule has 0 spiro atoms. The minimum absolute atomic E-state index is 0. The minimum atomic E-state index is -0.299. The van der Waals surface area contributed by atoms with Crippen LogP contribution in [-0.4, -0.2) is 41.9 Å². The molecule has 1 unspecified atom stereocenters. The molecule has 1 rings (SSSR count). The van der Waals surface area contributed by atoms with Crippen molar-refractivity contribution in [2.24, 2.45) is 11.7 Å². The summed E-state index contributed by atoms with van der Waals surface area (Å²) in [5, 5.41) is 3.14. The van der Waals surface area contributed by atoms with Gasteiger partial charge in [-0.25, -0.2) is 0 Å². The zero-order valence-corrected chi connectivity index (χ0v) is 15.0. The van der Waals surface area contributed by atoms with Gasteiger partial charge in [-0.3, -0.25) is 9.59 Å². The second kappa shape index (κ2) is 10.1. The summed E-state index contributed by atoms with van der Waals surface area (Å²) < 4.78 is 0. The third-order valence-corrected chi connectivity index (χ3v) is 4.74. The number of nitrogens with zero attached hydrogens (tertiary/aromatic N) is 1. The maximum absolute atomic E-state index is 12.5. The van der Waals surface area contributed by atoms with Gasteiger partial charge in [0.1, 0.15) is 0 Å². The Hall–Kier alpha value is -0.810. The first-order valence-corrected chi connectivity index (χ1v) is 8.31. The average molecular weight is 334 g/mol. The Morgan fingerprint density at radius 1 is 1.27 bits per heavy atom. The molecule has 0 aromatic carbocycles. The molecule has 6 heteroatoms. The van der Waals surface area contributed by atoms with Gasteiger partial charge in [0.05, 0.1) is 11.5 Å². The summed E-state index contributed by atoms with van der Waals surface area (Å²) in [5.74, 6) is 0.132. The van der Waals surface area contributed by atoms with Gasteiger partial charge in [0.15, 0.2) is 0 Å². The number of halogens is 1. The Labute approximate surface area is 140 Å². The quantitative estimate of drug-likeness (QED) is 0.749. The van der Waals surface area contributed by atoms with Crippen LogP contribution in [0.3, 0.4) is 0 Å². The molecule has 1 fully saturated rings. The predicted molar refractivity (Wildman–Crippen MR) is 92.0 cm³/mol. The molecule has 0 bridgehead atoms. The summed E-state index contributed by atoms with van der Waals surface area (Å²) in [5.41, 5.74) is 5.54. The molecule has 1 heterocycles. The van der Waals surface area contributed by atoms with E-state index in [4.69, 9.17) is 5.73 Å². The van der Waals surface area contributed by atoms with E-state index in [0.717, 1.165) is 38.6 Å². The van der Waals surface area contributed by atoms with Crippen molar-refractivity contribution < 1.29 is 9.59 Å². The largest absolute Gasteiger partial charge is 0.349 e. The second-order valence-corrected chi connectivity index (χ2v) is 6.11. The van der Waals surface area contributed by atoms with Crippen molar-refractivity contribution >= 4 is 24.2 Å². The van der Waals surface area contributed by atoms with Gasteiger partial charge in [0.25, 0.3) is 0 Å². The summed E-state index contributed by atoms with van der Waals surface area (Å²) in [6, 6.07) is 0. The Morgan fingerprint density at radius 2 is 1.91 bits per heavy atom. The highest BCUT2D eigenvalue weighted by Crippen LogP contribution is 2.20. The third-order valence-electron chi connectivity index (χ3n) is 4.74. The number of rotatable bonds is 7. The molecule has 0 saturated carbocycles. The van der Waals surface area contributed by atoms with Crippen molar-refractivity contribution in [3.05, 3.63) is 0 Å². The van der Waals surface area contributed by atoms with Crippen molar-refractivity contribution in [1.82, 2.24) is 10.2 Å². The molecule has 1 atom stereocenters. The maximum Gasteiger partial charge on any atom is 0.225 e. The van der Waals surface area contributed by atoms with E-state index in [1.807, 2.05) is 11.8 Å². The van der Waals surface area contributed by atoms with Crippen molar-refractivity contribution in [1.29, 1.82) is 0 Å². The first kappa shape index (κ1) is 21.2. The van der Waals surface area contributed by atoms with Crippen LogP contribution in [0.5, 0.6) is 0 Å². The van der Waals surface area contributed by atoms with E-state index >= 15 is 0 Å². The lowest BCUT2D eigenvalue weighted by molar-refractivity contribution is -0.136. The van der Waals surface area contributed by atoms with Crippen LogP contribution in [0, 0.1) is 5.92 Å². The average Bonchev–Trinajstić information content (AvgIpc) is 2.53. The smallest absolute Gasteiger partial charge is 0.225 e. The second-order valence-electron chi connectivity index (χ2n) is 6.11. The van der Waals surface area contributed by atoms with E-state index in [9.17, 15) is 9.59 Å². The highest BCUT2D eigenvalue weighted by atomic mass is 35.5. The fourth-order valence-corrected chi connectivity index (χ4v) is 2.92. The monoisotopic (exact) mass is 333 g/mol. The van der Waals surface area contributed by atoms with Crippen molar-refractivity contribution in [3.8, 4) is 0 Å². The first-order chi connectivity index (χ1) is 10.0. The van der Waals surface area contributed by atoms with E-state index < -0.39 is 0 Å². The third kappa shape index (κ3) is 5.43. The molecule has 1 saturated heterocycles. The molecule has 130 valence electrons. The number of piperidine rings is 1. The van der Waals surface area contributed by atoms with Crippen LogP contribution in [0.15, 0.2) is 0 Å². The molecule has 0 aliphatic carbocycles. The van der Waals surface area contributed by atoms with Crippen LogP contribution < -0.4 is 11.1 Å². The molecule has 1 aliphatic rings. The number of nitrogens with two attached hydrogens (primary N) is 1. The number of carbonyl (C=O) groups is 2. The summed E-state index contributed by atoms with van der Waals surface area (Å²) in [7, 11) is 0. The Kier molecular flexibility index (Phi) is 9.69. The van der Waals surface area contributed by atoms with Crippen LogP contribution in [0.1, 0.15) is 59.3 Å². The number of hydrogen-bond acceptors (Lipinski definition) is 3. The Morgan fingerprint density at radius 3 is 2.41 bits per heavy atom. The highest BCUT2D eigenvalue weighted by Gasteiger charge is 2.33. The van der Waals surface area contributed by atoms with Crippen LogP contribution in [-0.2, 0) is 9.59 Å². The number of hydrogen-bond donors (Lipinski definition) is 2.